The lowest BCUT2D eigenvalue weighted by Crippen LogP contribution is -2.42. The van der Waals surface area contributed by atoms with Crippen molar-refractivity contribution in [1.82, 2.24) is 9.80 Å². The van der Waals surface area contributed by atoms with Crippen LogP contribution in [-0.2, 0) is 4.74 Å². The normalized spacial score (nSPS) is 22.5. The minimum Gasteiger partial charge on any atom is -0.444 e. The van der Waals surface area contributed by atoms with Gasteiger partial charge in [-0.15, -0.1) is 0 Å². The van der Waals surface area contributed by atoms with Gasteiger partial charge in [0.1, 0.15) is 5.60 Å². The summed E-state index contributed by atoms with van der Waals surface area (Å²) in [4.78, 5) is 16.9. The van der Waals surface area contributed by atoms with Crippen molar-refractivity contribution in [2.45, 2.75) is 90.3 Å². The van der Waals surface area contributed by atoms with Crippen molar-refractivity contribution in [3.8, 4) is 0 Å². The Hall–Kier alpha value is -1.55. The van der Waals surface area contributed by atoms with Gasteiger partial charge in [-0.2, -0.15) is 0 Å². The molecule has 0 bridgehead atoms. The van der Waals surface area contributed by atoms with E-state index in [2.05, 4.69) is 49.9 Å². The molecule has 4 nitrogen and oxygen atoms in total. The number of ether oxygens (including phenoxy) is 1. The second-order valence-corrected chi connectivity index (χ2v) is 10.4. The van der Waals surface area contributed by atoms with Gasteiger partial charge in [0.15, 0.2) is 0 Å². The summed E-state index contributed by atoms with van der Waals surface area (Å²) in [6.45, 7) is 15.5. The summed E-state index contributed by atoms with van der Waals surface area (Å²) in [5, 5.41) is 0. The Morgan fingerprint density at radius 1 is 0.929 bits per heavy atom. The maximum Gasteiger partial charge on any atom is 0.410 e. The van der Waals surface area contributed by atoms with E-state index in [-0.39, 0.29) is 11.6 Å². The third-order valence-corrected chi connectivity index (χ3v) is 6.06. The zero-order valence-electron chi connectivity index (χ0n) is 18.6. The van der Waals surface area contributed by atoms with Crippen molar-refractivity contribution in [2.75, 3.05) is 19.6 Å². The maximum atomic E-state index is 12.4. The van der Waals surface area contributed by atoms with Crippen molar-refractivity contribution in [3.05, 3.63) is 35.4 Å². The summed E-state index contributed by atoms with van der Waals surface area (Å²) >= 11 is 0. The number of amides is 1. The summed E-state index contributed by atoms with van der Waals surface area (Å²) in [6.07, 6.45) is 4.36. The lowest BCUT2D eigenvalue weighted by Gasteiger charge is -2.39. The van der Waals surface area contributed by atoms with E-state index >= 15 is 0 Å². The summed E-state index contributed by atoms with van der Waals surface area (Å²) in [5.74, 6) is 0.525. The first-order chi connectivity index (χ1) is 13.1. The number of likely N-dealkylation sites (tertiary alicyclic amines) is 2. The molecule has 28 heavy (non-hydrogen) atoms. The van der Waals surface area contributed by atoms with Crippen LogP contribution < -0.4 is 0 Å². The highest BCUT2D eigenvalue weighted by atomic mass is 16.6. The molecular formula is C24H38N2O2. The van der Waals surface area contributed by atoms with Gasteiger partial charge in [-0.3, -0.25) is 4.90 Å². The van der Waals surface area contributed by atoms with Crippen LogP contribution in [0.1, 0.15) is 90.3 Å². The molecule has 3 rings (SSSR count). The molecule has 156 valence electrons. The number of hydrogen-bond donors (Lipinski definition) is 0. The molecule has 4 heteroatoms. The van der Waals surface area contributed by atoms with Gasteiger partial charge in [0.25, 0.3) is 0 Å². The molecule has 2 aliphatic rings. The van der Waals surface area contributed by atoms with Crippen LogP contribution in [0.2, 0.25) is 0 Å². The highest BCUT2D eigenvalue weighted by molar-refractivity contribution is 5.68. The number of hydrogen-bond acceptors (Lipinski definition) is 3. The SMILES string of the molecule is CC(C)(C)OC(=O)N1CCC(c2ccccc2C2CCCN2C(C)(C)C)CC1. The lowest BCUT2D eigenvalue weighted by molar-refractivity contribution is 0.0204. The number of nitrogens with zero attached hydrogens (tertiary/aromatic N) is 2. The standard InChI is InChI=1S/C24H38N2O2/c1-23(2,3)26-15-9-12-21(26)20-11-8-7-10-19(20)18-13-16-25(17-14-18)22(27)28-24(4,5)6/h7-8,10-11,18,21H,9,12-17H2,1-6H3. The predicted molar refractivity (Wildman–Crippen MR) is 115 cm³/mol. The number of rotatable bonds is 2. The Balaban J connectivity index is 1.72. The van der Waals surface area contributed by atoms with E-state index in [1.54, 1.807) is 0 Å². The third-order valence-electron chi connectivity index (χ3n) is 6.06. The number of carbonyl (C=O) groups is 1. The Bertz CT molecular complexity index is 679. The van der Waals surface area contributed by atoms with E-state index in [1.807, 2.05) is 25.7 Å². The average molecular weight is 387 g/mol. The van der Waals surface area contributed by atoms with Crippen LogP contribution in [0.15, 0.2) is 24.3 Å². The summed E-state index contributed by atoms with van der Waals surface area (Å²) in [7, 11) is 0. The van der Waals surface area contributed by atoms with Gasteiger partial charge < -0.3 is 9.64 Å². The Morgan fingerprint density at radius 2 is 1.54 bits per heavy atom. The summed E-state index contributed by atoms with van der Waals surface area (Å²) in [6, 6.07) is 9.54. The number of carbonyl (C=O) groups excluding carboxylic acids is 1. The number of benzene rings is 1. The van der Waals surface area contributed by atoms with Gasteiger partial charge >= 0.3 is 6.09 Å². The Labute approximate surface area is 171 Å². The van der Waals surface area contributed by atoms with Crippen molar-refractivity contribution < 1.29 is 9.53 Å². The first-order valence-corrected chi connectivity index (χ1v) is 10.9. The molecule has 0 radical (unpaired) electrons. The van der Waals surface area contributed by atoms with E-state index in [0.717, 1.165) is 25.9 Å². The van der Waals surface area contributed by atoms with Crippen molar-refractivity contribution in [2.24, 2.45) is 0 Å². The summed E-state index contributed by atoms with van der Waals surface area (Å²) in [5.41, 5.74) is 2.76. The fraction of sp³-hybridized carbons (Fsp3) is 0.708. The van der Waals surface area contributed by atoms with Crippen LogP contribution >= 0.6 is 0 Å². The van der Waals surface area contributed by atoms with E-state index in [0.29, 0.717) is 12.0 Å². The molecule has 2 saturated heterocycles. The Morgan fingerprint density at radius 3 is 2.11 bits per heavy atom. The molecular weight excluding hydrogens is 348 g/mol. The smallest absolute Gasteiger partial charge is 0.410 e. The van der Waals surface area contributed by atoms with Crippen LogP contribution in [0.5, 0.6) is 0 Å². The van der Waals surface area contributed by atoms with Crippen molar-refractivity contribution in [3.63, 3.8) is 0 Å². The van der Waals surface area contributed by atoms with Gasteiger partial charge in [-0.05, 0) is 90.8 Å². The molecule has 1 amide bonds. The molecule has 1 aromatic carbocycles. The minimum atomic E-state index is -0.431. The molecule has 1 atom stereocenters. The van der Waals surface area contributed by atoms with Crippen LogP contribution in [-0.4, -0.2) is 46.7 Å². The highest BCUT2D eigenvalue weighted by Crippen LogP contribution is 2.42. The summed E-state index contributed by atoms with van der Waals surface area (Å²) < 4.78 is 5.55. The minimum absolute atomic E-state index is 0.172. The fourth-order valence-electron chi connectivity index (χ4n) is 4.78. The molecule has 1 aromatic rings. The van der Waals surface area contributed by atoms with Crippen molar-refractivity contribution >= 4 is 6.09 Å². The van der Waals surface area contributed by atoms with Crippen LogP contribution in [0.4, 0.5) is 4.79 Å². The van der Waals surface area contributed by atoms with Crippen LogP contribution in [0.25, 0.3) is 0 Å². The molecule has 0 spiro atoms. The molecule has 2 heterocycles. The largest absolute Gasteiger partial charge is 0.444 e. The fourth-order valence-corrected chi connectivity index (χ4v) is 4.78. The van der Waals surface area contributed by atoms with Gasteiger partial charge in [0, 0.05) is 24.7 Å². The van der Waals surface area contributed by atoms with Crippen molar-refractivity contribution in [1.29, 1.82) is 0 Å². The van der Waals surface area contributed by atoms with Gasteiger partial charge in [0.2, 0.25) is 0 Å². The number of piperidine rings is 1. The van der Waals surface area contributed by atoms with Crippen LogP contribution in [0.3, 0.4) is 0 Å². The zero-order valence-corrected chi connectivity index (χ0v) is 18.6. The predicted octanol–water partition coefficient (Wildman–Crippen LogP) is 5.74. The molecule has 0 aliphatic carbocycles. The third kappa shape index (κ3) is 4.89. The highest BCUT2D eigenvalue weighted by Gasteiger charge is 2.36. The van der Waals surface area contributed by atoms with Crippen LogP contribution in [0, 0.1) is 0 Å². The van der Waals surface area contributed by atoms with E-state index in [4.69, 9.17) is 4.74 Å². The molecule has 0 aromatic heterocycles. The lowest BCUT2D eigenvalue weighted by atomic mass is 9.83. The molecule has 0 saturated carbocycles. The monoisotopic (exact) mass is 386 g/mol. The first kappa shape index (κ1) is 21.2. The second-order valence-electron chi connectivity index (χ2n) is 10.4. The van der Waals surface area contributed by atoms with E-state index < -0.39 is 5.60 Å². The quantitative estimate of drug-likeness (QED) is 0.650. The second kappa shape index (κ2) is 8.06. The average Bonchev–Trinajstić information content (AvgIpc) is 3.10. The van der Waals surface area contributed by atoms with Gasteiger partial charge in [0.05, 0.1) is 0 Å². The zero-order chi connectivity index (χ0) is 20.5. The Kier molecular flexibility index (Phi) is 6.09. The van der Waals surface area contributed by atoms with Gasteiger partial charge in [-0.1, -0.05) is 24.3 Å². The first-order valence-electron chi connectivity index (χ1n) is 10.9. The van der Waals surface area contributed by atoms with E-state index in [9.17, 15) is 4.79 Å². The molecule has 2 fully saturated rings. The topological polar surface area (TPSA) is 32.8 Å². The molecule has 2 aliphatic heterocycles. The maximum absolute atomic E-state index is 12.4. The molecule has 1 unspecified atom stereocenters. The van der Waals surface area contributed by atoms with Gasteiger partial charge in [-0.25, -0.2) is 4.79 Å². The molecule has 0 N–H and O–H groups in total. The van der Waals surface area contributed by atoms with E-state index in [1.165, 1.54) is 30.5 Å².